The molecule has 0 aliphatic heterocycles. The number of aromatic nitrogens is 1. The zero-order chi connectivity index (χ0) is 15.8. The van der Waals surface area contributed by atoms with Crippen LogP contribution in [0, 0.1) is 6.92 Å². The second-order valence-corrected chi connectivity index (χ2v) is 5.88. The van der Waals surface area contributed by atoms with Crippen LogP contribution in [0.3, 0.4) is 0 Å². The van der Waals surface area contributed by atoms with Crippen molar-refractivity contribution in [1.29, 1.82) is 0 Å². The van der Waals surface area contributed by atoms with E-state index in [1.54, 1.807) is 18.4 Å². The molecule has 0 spiro atoms. The van der Waals surface area contributed by atoms with E-state index in [0.717, 1.165) is 10.7 Å². The van der Waals surface area contributed by atoms with E-state index in [0.29, 0.717) is 12.5 Å². The summed E-state index contributed by atoms with van der Waals surface area (Å²) in [5, 5.41) is 9.88. The van der Waals surface area contributed by atoms with Gasteiger partial charge in [-0.1, -0.05) is 18.2 Å². The lowest BCUT2D eigenvalue weighted by molar-refractivity contribution is -0.115. The summed E-state index contributed by atoms with van der Waals surface area (Å²) in [7, 11) is 1.66. The van der Waals surface area contributed by atoms with Gasteiger partial charge in [0.15, 0.2) is 5.96 Å². The maximum Gasteiger partial charge on any atom is 0.243 e. The molecule has 1 amide bonds. The van der Waals surface area contributed by atoms with Crippen LogP contribution in [0.2, 0.25) is 0 Å². The van der Waals surface area contributed by atoms with Gasteiger partial charge in [0, 0.05) is 23.8 Å². The van der Waals surface area contributed by atoms with Gasteiger partial charge in [-0.2, -0.15) is 0 Å². The molecule has 6 nitrogen and oxygen atoms in total. The molecule has 8 heteroatoms. The molecule has 0 saturated carbocycles. The Morgan fingerprint density at radius 2 is 2.00 bits per heavy atom. The van der Waals surface area contributed by atoms with Crippen LogP contribution in [-0.2, 0) is 11.3 Å². The van der Waals surface area contributed by atoms with Crippen LogP contribution in [0.15, 0.2) is 41.5 Å². The Bertz CT molecular complexity index is 644. The van der Waals surface area contributed by atoms with Crippen LogP contribution in [0.5, 0.6) is 0 Å². The molecule has 2 rings (SSSR count). The third kappa shape index (κ3) is 6.95. The Morgan fingerprint density at radius 3 is 2.61 bits per heavy atom. The summed E-state index contributed by atoms with van der Waals surface area (Å²) in [5.74, 6) is 0.440. The molecule has 0 bridgehead atoms. The molecule has 23 heavy (non-hydrogen) atoms. The molecular weight excluding hydrogens is 425 g/mol. The van der Waals surface area contributed by atoms with Crippen LogP contribution < -0.4 is 16.0 Å². The van der Waals surface area contributed by atoms with Gasteiger partial charge in [-0.05, 0) is 19.1 Å². The lowest BCUT2D eigenvalue weighted by Crippen LogP contribution is -2.41. The van der Waals surface area contributed by atoms with Crippen molar-refractivity contribution in [1.82, 2.24) is 15.6 Å². The van der Waals surface area contributed by atoms with Crippen molar-refractivity contribution in [2.45, 2.75) is 13.5 Å². The minimum absolute atomic E-state index is 0. The van der Waals surface area contributed by atoms with E-state index in [4.69, 9.17) is 0 Å². The monoisotopic (exact) mass is 445 g/mol. The molecule has 1 aromatic heterocycles. The summed E-state index contributed by atoms with van der Waals surface area (Å²) >= 11 is 1.63. The fourth-order valence-corrected chi connectivity index (χ4v) is 2.48. The van der Waals surface area contributed by atoms with Gasteiger partial charge in [0.25, 0.3) is 0 Å². The average Bonchev–Trinajstić information content (AvgIpc) is 2.94. The van der Waals surface area contributed by atoms with Crippen LogP contribution >= 0.6 is 35.3 Å². The van der Waals surface area contributed by atoms with Crippen LogP contribution in [-0.4, -0.2) is 30.4 Å². The summed E-state index contributed by atoms with van der Waals surface area (Å²) in [6.07, 6.45) is 1.84. The van der Waals surface area contributed by atoms with Gasteiger partial charge in [-0.15, -0.1) is 35.3 Å². The first-order valence-electron chi connectivity index (χ1n) is 6.88. The van der Waals surface area contributed by atoms with Crippen LogP contribution in [0.4, 0.5) is 5.69 Å². The van der Waals surface area contributed by atoms with E-state index >= 15 is 0 Å². The third-order valence-corrected chi connectivity index (χ3v) is 3.69. The highest BCUT2D eigenvalue weighted by atomic mass is 127. The Morgan fingerprint density at radius 1 is 1.26 bits per heavy atom. The van der Waals surface area contributed by atoms with Gasteiger partial charge < -0.3 is 16.0 Å². The summed E-state index contributed by atoms with van der Waals surface area (Å²) in [4.78, 5) is 21.4. The van der Waals surface area contributed by atoms with E-state index in [1.165, 1.54) is 4.88 Å². The normalized spacial score (nSPS) is 10.6. The fraction of sp³-hybridized carbons (Fsp3) is 0.267. The number of carbonyl (C=O) groups is 1. The maximum absolute atomic E-state index is 11.8. The largest absolute Gasteiger partial charge is 0.350 e. The Kier molecular flexibility index (Phi) is 8.56. The maximum atomic E-state index is 11.8. The zero-order valence-corrected chi connectivity index (χ0v) is 16.1. The average molecular weight is 445 g/mol. The molecule has 1 aromatic carbocycles. The van der Waals surface area contributed by atoms with Gasteiger partial charge >= 0.3 is 0 Å². The third-order valence-electron chi connectivity index (χ3n) is 2.77. The van der Waals surface area contributed by atoms with E-state index in [1.807, 2.05) is 43.5 Å². The highest BCUT2D eigenvalue weighted by Crippen LogP contribution is 2.10. The second kappa shape index (κ2) is 10.2. The van der Waals surface area contributed by atoms with Crippen molar-refractivity contribution >= 4 is 52.9 Å². The number of amides is 1. The highest BCUT2D eigenvalue weighted by Gasteiger charge is 2.05. The highest BCUT2D eigenvalue weighted by molar-refractivity contribution is 14.0. The van der Waals surface area contributed by atoms with Crippen LogP contribution in [0.1, 0.15) is 9.88 Å². The quantitative estimate of drug-likeness (QED) is 0.375. The topological polar surface area (TPSA) is 78.4 Å². The Hall–Kier alpha value is -1.68. The van der Waals surface area contributed by atoms with E-state index in [-0.39, 0.29) is 36.4 Å². The number of hydrogen-bond donors (Lipinski definition) is 3. The van der Waals surface area contributed by atoms with Crippen molar-refractivity contribution in [3.8, 4) is 0 Å². The molecule has 0 unspecified atom stereocenters. The fourth-order valence-electron chi connectivity index (χ4n) is 1.75. The summed E-state index contributed by atoms with van der Waals surface area (Å²) in [5.41, 5.74) is 0.774. The number of thiazole rings is 1. The minimum atomic E-state index is -0.126. The van der Waals surface area contributed by atoms with Gasteiger partial charge in [-0.3, -0.25) is 9.79 Å². The molecule has 0 fully saturated rings. The number of aryl methyl sites for hydroxylation is 1. The van der Waals surface area contributed by atoms with E-state index < -0.39 is 0 Å². The molecular formula is C15H20IN5OS. The Labute approximate surface area is 156 Å². The number of para-hydroxylation sites is 1. The standard InChI is InChI=1S/C15H19N5OS.HI/c1-11-8-17-14(22-11)10-19-15(16-2)18-9-13(21)20-12-6-4-3-5-7-12;/h3-8H,9-10H2,1-2H3,(H,20,21)(H2,16,18,19);1H. The zero-order valence-electron chi connectivity index (χ0n) is 13.0. The molecule has 0 radical (unpaired) electrons. The summed E-state index contributed by atoms with van der Waals surface area (Å²) in [6, 6.07) is 9.34. The summed E-state index contributed by atoms with van der Waals surface area (Å²) in [6.45, 7) is 2.74. The van der Waals surface area contributed by atoms with Crippen molar-refractivity contribution in [2.75, 3.05) is 18.9 Å². The number of benzene rings is 1. The van der Waals surface area contributed by atoms with Gasteiger partial charge in [-0.25, -0.2) is 4.98 Å². The summed E-state index contributed by atoms with van der Waals surface area (Å²) < 4.78 is 0. The number of halogens is 1. The molecule has 1 heterocycles. The van der Waals surface area contributed by atoms with Crippen molar-refractivity contribution in [3.05, 3.63) is 46.4 Å². The molecule has 124 valence electrons. The molecule has 2 aromatic rings. The number of hydrogen-bond acceptors (Lipinski definition) is 4. The first kappa shape index (κ1) is 19.4. The van der Waals surface area contributed by atoms with Crippen molar-refractivity contribution < 1.29 is 4.79 Å². The minimum Gasteiger partial charge on any atom is -0.350 e. The Balaban J connectivity index is 0.00000264. The number of aliphatic imine (C=N–C) groups is 1. The first-order chi connectivity index (χ1) is 10.7. The van der Waals surface area contributed by atoms with Crippen molar-refractivity contribution in [2.24, 2.45) is 4.99 Å². The van der Waals surface area contributed by atoms with Gasteiger partial charge in [0.1, 0.15) is 5.01 Å². The molecule has 0 atom stereocenters. The smallest absolute Gasteiger partial charge is 0.243 e. The number of carbonyl (C=O) groups excluding carboxylic acids is 1. The van der Waals surface area contributed by atoms with Gasteiger partial charge in [0.05, 0.1) is 13.1 Å². The second-order valence-electron chi connectivity index (χ2n) is 4.56. The number of rotatable bonds is 5. The number of anilines is 1. The number of nitrogens with zero attached hydrogens (tertiary/aromatic N) is 2. The predicted octanol–water partition coefficient (Wildman–Crippen LogP) is 2.37. The van der Waals surface area contributed by atoms with Gasteiger partial charge in [0.2, 0.25) is 5.91 Å². The number of nitrogens with one attached hydrogen (secondary N) is 3. The van der Waals surface area contributed by atoms with Crippen molar-refractivity contribution in [3.63, 3.8) is 0 Å². The molecule has 3 N–H and O–H groups in total. The molecule has 0 saturated heterocycles. The lowest BCUT2D eigenvalue weighted by atomic mass is 10.3. The lowest BCUT2D eigenvalue weighted by Gasteiger charge is -2.11. The molecule has 0 aliphatic carbocycles. The van der Waals surface area contributed by atoms with Crippen LogP contribution in [0.25, 0.3) is 0 Å². The van der Waals surface area contributed by atoms with E-state index in [2.05, 4.69) is 25.9 Å². The van der Waals surface area contributed by atoms with E-state index in [9.17, 15) is 4.79 Å². The number of guanidine groups is 1. The molecule has 0 aliphatic rings. The SMILES string of the molecule is CN=C(NCC(=O)Nc1ccccc1)NCc1ncc(C)s1.I. The first-order valence-corrected chi connectivity index (χ1v) is 7.70. The predicted molar refractivity (Wildman–Crippen MR) is 106 cm³/mol.